The number of nitrogens with zero attached hydrogens (tertiary/aromatic N) is 4. The summed E-state index contributed by atoms with van der Waals surface area (Å²) in [5, 5.41) is 15.1. The zero-order valence-electron chi connectivity index (χ0n) is 12.2. The predicted molar refractivity (Wildman–Crippen MR) is 73.3 cm³/mol. The van der Waals surface area contributed by atoms with Gasteiger partial charge in [-0.1, -0.05) is 20.8 Å². The Labute approximate surface area is 117 Å². The molecule has 0 unspecified atom stereocenters. The highest BCUT2D eigenvalue weighted by Crippen LogP contribution is 2.13. The van der Waals surface area contributed by atoms with Crippen molar-refractivity contribution in [3.8, 4) is 5.88 Å². The molecule has 0 radical (unpaired) electrons. The molecule has 2 aromatic rings. The van der Waals surface area contributed by atoms with E-state index >= 15 is 0 Å². The molecule has 7 heteroatoms. The minimum absolute atomic E-state index is 0.0461. The van der Waals surface area contributed by atoms with E-state index in [1.54, 1.807) is 16.6 Å². The number of carbonyl (C=O) groups excluding carboxylic acids is 1. The lowest BCUT2D eigenvalue weighted by Crippen LogP contribution is -2.34. The monoisotopic (exact) mass is 277 g/mol. The highest BCUT2D eigenvalue weighted by molar-refractivity contribution is 5.81. The standard InChI is InChI=1S/C13H19N5O2/c1-5-20-11-7-6-9-15-16-10(18(9)17-11)8-14-12(19)13(2,3)4/h6-7H,5,8H2,1-4H3,(H,14,19). The van der Waals surface area contributed by atoms with E-state index in [-0.39, 0.29) is 12.5 Å². The molecule has 0 aromatic carbocycles. The summed E-state index contributed by atoms with van der Waals surface area (Å²) in [6, 6.07) is 3.52. The first-order chi connectivity index (χ1) is 9.41. The van der Waals surface area contributed by atoms with Crippen LogP contribution in [0, 0.1) is 5.41 Å². The minimum atomic E-state index is -0.440. The maximum atomic E-state index is 11.9. The molecule has 0 atom stereocenters. The second kappa shape index (κ2) is 5.44. The third-order valence-electron chi connectivity index (χ3n) is 2.68. The molecule has 0 aliphatic carbocycles. The molecule has 1 amide bonds. The molecule has 0 fully saturated rings. The second-order valence-corrected chi connectivity index (χ2v) is 5.42. The Morgan fingerprint density at radius 3 is 2.75 bits per heavy atom. The Bertz CT molecular complexity index is 615. The number of rotatable bonds is 4. The Hall–Kier alpha value is -2.18. The van der Waals surface area contributed by atoms with Crippen LogP contribution in [0.1, 0.15) is 33.5 Å². The van der Waals surface area contributed by atoms with Gasteiger partial charge in [0.15, 0.2) is 11.5 Å². The number of carbonyl (C=O) groups is 1. The SMILES string of the molecule is CCOc1ccc2nnc(CNC(=O)C(C)(C)C)n2n1. The minimum Gasteiger partial charge on any atom is -0.477 e. The van der Waals surface area contributed by atoms with Crippen LogP contribution in [0.3, 0.4) is 0 Å². The quantitative estimate of drug-likeness (QED) is 0.907. The van der Waals surface area contributed by atoms with E-state index in [1.165, 1.54) is 0 Å². The van der Waals surface area contributed by atoms with Gasteiger partial charge in [0.25, 0.3) is 0 Å². The number of hydrogen-bond acceptors (Lipinski definition) is 5. The normalized spacial score (nSPS) is 11.6. The molecular weight excluding hydrogens is 258 g/mol. The van der Waals surface area contributed by atoms with E-state index < -0.39 is 5.41 Å². The first-order valence-corrected chi connectivity index (χ1v) is 6.54. The van der Waals surface area contributed by atoms with E-state index in [0.717, 1.165) is 0 Å². The van der Waals surface area contributed by atoms with Gasteiger partial charge in [-0.15, -0.1) is 15.3 Å². The number of amides is 1. The predicted octanol–water partition coefficient (Wildman–Crippen LogP) is 1.19. The van der Waals surface area contributed by atoms with E-state index in [4.69, 9.17) is 4.74 Å². The van der Waals surface area contributed by atoms with Gasteiger partial charge in [0.05, 0.1) is 13.2 Å². The van der Waals surface area contributed by atoms with Crippen molar-refractivity contribution in [1.82, 2.24) is 25.1 Å². The molecule has 0 aliphatic rings. The maximum Gasteiger partial charge on any atom is 0.231 e. The van der Waals surface area contributed by atoms with Crippen molar-refractivity contribution in [2.24, 2.45) is 5.41 Å². The van der Waals surface area contributed by atoms with Gasteiger partial charge in [-0.05, 0) is 13.0 Å². The molecule has 1 N–H and O–H groups in total. The second-order valence-electron chi connectivity index (χ2n) is 5.42. The van der Waals surface area contributed by atoms with Crippen LogP contribution in [0.2, 0.25) is 0 Å². The summed E-state index contributed by atoms with van der Waals surface area (Å²) in [5.74, 6) is 1.03. The molecule has 0 spiro atoms. The van der Waals surface area contributed by atoms with Crippen molar-refractivity contribution in [2.75, 3.05) is 6.61 Å². The van der Waals surface area contributed by atoms with Gasteiger partial charge in [-0.3, -0.25) is 4.79 Å². The van der Waals surface area contributed by atoms with Crippen LogP contribution in [0.25, 0.3) is 5.65 Å². The summed E-state index contributed by atoms with van der Waals surface area (Å²) in [6.45, 7) is 8.28. The van der Waals surface area contributed by atoms with Crippen LogP contribution in [0.15, 0.2) is 12.1 Å². The smallest absolute Gasteiger partial charge is 0.231 e. The molecule has 0 saturated heterocycles. The molecule has 0 bridgehead atoms. The summed E-state index contributed by atoms with van der Waals surface area (Å²) in [5.41, 5.74) is 0.179. The molecule has 2 rings (SSSR count). The lowest BCUT2D eigenvalue weighted by molar-refractivity contribution is -0.128. The molecular formula is C13H19N5O2. The van der Waals surface area contributed by atoms with Crippen LogP contribution in [-0.4, -0.2) is 32.3 Å². The zero-order chi connectivity index (χ0) is 14.8. The number of aromatic nitrogens is 4. The highest BCUT2D eigenvalue weighted by Gasteiger charge is 2.21. The Kier molecular flexibility index (Phi) is 3.87. The van der Waals surface area contributed by atoms with Crippen LogP contribution in [-0.2, 0) is 11.3 Å². The van der Waals surface area contributed by atoms with Gasteiger partial charge >= 0.3 is 0 Å². The summed E-state index contributed by atoms with van der Waals surface area (Å²) in [7, 11) is 0. The number of ether oxygens (including phenoxy) is 1. The van der Waals surface area contributed by atoms with E-state index in [1.807, 2.05) is 27.7 Å². The van der Waals surface area contributed by atoms with Crippen LogP contribution in [0.4, 0.5) is 0 Å². The molecule has 2 heterocycles. The summed E-state index contributed by atoms with van der Waals surface area (Å²) in [4.78, 5) is 11.9. The molecule has 7 nitrogen and oxygen atoms in total. The number of fused-ring (bicyclic) bond motifs is 1. The summed E-state index contributed by atoms with van der Waals surface area (Å²) >= 11 is 0. The van der Waals surface area contributed by atoms with Crippen LogP contribution >= 0.6 is 0 Å². The van der Waals surface area contributed by atoms with Gasteiger partial charge in [0, 0.05) is 11.5 Å². The Morgan fingerprint density at radius 1 is 1.35 bits per heavy atom. The number of hydrogen-bond donors (Lipinski definition) is 1. The maximum absolute atomic E-state index is 11.9. The lowest BCUT2D eigenvalue weighted by atomic mass is 9.96. The third kappa shape index (κ3) is 3.04. The summed E-state index contributed by atoms with van der Waals surface area (Å²) in [6.07, 6.45) is 0. The van der Waals surface area contributed by atoms with Gasteiger partial charge < -0.3 is 10.1 Å². The third-order valence-corrected chi connectivity index (χ3v) is 2.68. The van der Waals surface area contributed by atoms with E-state index in [0.29, 0.717) is 24.0 Å². The zero-order valence-corrected chi connectivity index (χ0v) is 12.2. The largest absolute Gasteiger partial charge is 0.477 e. The van der Waals surface area contributed by atoms with E-state index in [2.05, 4.69) is 20.6 Å². The molecule has 108 valence electrons. The first-order valence-electron chi connectivity index (χ1n) is 6.54. The highest BCUT2D eigenvalue weighted by atomic mass is 16.5. The molecule has 2 aromatic heterocycles. The first kappa shape index (κ1) is 14.2. The summed E-state index contributed by atoms with van der Waals surface area (Å²) < 4.78 is 6.92. The van der Waals surface area contributed by atoms with Crippen LogP contribution < -0.4 is 10.1 Å². The Balaban J connectivity index is 2.18. The lowest BCUT2D eigenvalue weighted by Gasteiger charge is -2.16. The van der Waals surface area contributed by atoms with Gasteiger partial charge in [0.2, 0.25) is 11.8 Å². The average molecular weight is 277 g/mol. The van der Waals surface area contributed by atoms with Gasteiger partial charge in [-0.2, -0.15) is 4.52 Å². The molecule has 0 saturated carbocycles. The Morgan fingerprint density at radius 2 is 2.10 bits per heavy atom. The van der Waals surface area contributed by atoms with Crippen molar-refractivity contribution in [1.29, 1.82) is 0 Å². The fraction of sp³-hybridized carbons (Fsp3) is 0.538. The number of nitrogens with one attached hydrogen (secondary N) is 1. The fourth-order valence-electron chi connectivity index (χ4n) is 1.58. The van der Waals surface area contributed by atoms with Gasteiger partial charge in [0.1, 0.15) is 0 Å². The van der Waals surface area contributed by atoms with Crippen molar-refractivity contribution >= 4 is 11.6 Å². The van der Waals surface area contributed by atoms with Crippen LogP contribution in [0.5, 0.6) is 5.88 Å². The van der Waals surface area contributed by atoms with Crippen molar-refractivity contribution in [3.63, 3.8) is 0 Å². The van der Waals surface area contributed by atoms with Gasteiger partial charge in [-0.25, -0.2) is 0 Å². The fourth-order valence-corrected chi connectivity index (χ4v) is 1.58. The van der Waals surface area contributed by atoms with Crippen molar-refractivity contribution in [3.05, 3.63) is 18.0 Å². The van der Waals surface area contributed by atoms with Crippen molar-refractivity contribution in [2.45, 2.75) is 34.2 Å². The molecule has 0 aliphatic heterocycles. The average Bonchev–Trinajstić information content (AvgIpc) is 2.77. The van der Waals surface area contributed by atoms with E-state index in [9.17, 15) is 4.79 Å². The topological polar surface area (TPSA) is 81.4 Å². The van der Waals surface area contributed by atoms with Crippen molar-refractivity contribution < 1.29 is 9.53 Å². The molecule has 20 heavy (non-hydrogen) atoms.